The Kier molecular flexibility index (Phi) is 7.12. The van der Waals surface area contributed by atoms with Gasteiger partial charge < -0.3 is 10.1 Å². The second-order valence-corrected chi connectivity index (χ2v) is 8.21. The molecule has 0 radical (unpaired) electrons. The molecule has 0 heterocycles. The molecule has 0 aliphatic carbocycles. The highest BCUT2D eigenvalue weighted by Crippen LogP contribution is 2.35. The molecule has 34 heavy (non-hydrogen) atoms. The fourth-order valence-electron chi connectivity index (χ4n) is 3.44. The molecule has 0 unspecified atom stereocenters. The number of fused-ring (bicyclic) bond motifs is 1. The second kappa shape index (κ2) is 10.4. The zero-order chi connectivity index (χ0) is 24.1. The zero-order valence-corrected chi connectivity index (χ0v) is 19.2. The van der Waals surface area contributed by atoms with Crippen molar-refractivity contribution in [2.75, 3.05) is 5.32 Å². The van der Waals surface area contributed by atoms with Crippen LogP contribution in [0.1, 0.15) is 11.1 Å². The van der Waals surface area contributed by atoms with Crippen molar-refractivity contribution in [1.29, 1.82) is 5.26 Å². The maximum atomic E-state index is 13.1. The van der Waals surface area contributed by atoms with Crippen molar-refractivity contribution in [2.24, 2.45) is 0 Å². The molecule has 7 heteroatoms. The molecule has 1 N–H and O–H groups in total. The summed E-state index contributed by atoms with van der Waals surface area (Å²) in [4.78, 5) is 12.6. The van der Waals surface area contributed by atoms with Crippen molar-refractivity contribution >= 4 is 51.6 Å². The summed E-state index contributed by atoms with van der Waals surface area (Å²) in [5, 5.41) is 14.8. The molecule has 0 aliphatic heterocycles. The molecule has 0 aromatic heterocycles. The van der Waals surface area contributed by atoms with Gasteiger partial charge in [0, 0.05) is 16.3 Å². The number of amides is 1. The number of rotatable bonds is 6. The molecular formula is C27H17Cl2FN2O2. The third kappa shape index (κ3) is 5.37. The minimum Gasteiger partial charge on any atom is -0.487 e. The number of nitrogens with one attached hydrogen (secondary N) is 1. The molecule has 0 aliphatic rings. The first-order chi connectivity index (χ1) is 16.4. The first-order valence-corrected chi connectivity index (χ1v) is 11.0. The molecule has 4 rings (SSSR count). The monoisotopic (exact) mass is 490 g/mol. The molecular weight excluding hydrogens is 474 g/mol. The molecule has 4 aromatic rings. The minimum atomic E-state index is -0.662. The smallest absolute Gasteiger partial charge is 0.266 e. The SMILES string of the molecule is N#C/C(=C\c1cc(Cl)cc(Cl)c1OCc1cccc2ccccc12)C(=O)Nc1ccc(F)cc1. The van der Waals surface area contributed by atoms with Crippen LogP contribution < -0.4 is 10.1 Å². The van der Waals surface area contributed by atoms with Crippen molar-refractivity contribution in [3.05, 3.63) is 111 Å². The van der Waals surface area contributed by atoms with E-state index in [2.05, 4.69) is 5.32 Å². The highest BCUT2D eigenvalue weighted by molar-refractivity contribution is 6.36. The van der Waals surface area contributed by atoms with Crippen LogP contribution in [-0.4, -0.2) is 5.91 Å². The number of carbonyl (C=O) groups is 1. The summed E-state index contributed by atoms with van der Waals surface area (Å²) in [6, 6.07) is 24.0. The van der Waals surface area contributed by atoms with Gasteiger partial charge in [-0.1, -0.05) is 65.7 Å². The number of halogens is 3. The van der Waals surface area contributed by atoms with Crippen LogP contribution in [0.3, 0.4) is 0 Å². The summed E-state index contributed by atoms with van der Waals surface area (Å²) in [6.07, 6.45) is 1.36. The van der Waals surface area contributed by atoms with Crippen LogP contribution in [0.5, 0.6) is 5.75 Å². The molecule has 1 amide bonds. The van der Waals surface area contributed by atoms with Crippen LogP contribution >= 0.6 is 23.2 Å². The molecule has 168 valence electrons. The maximum Gasteiger partial charge on any atom is 0.266 e. The summed E-state index contributed by atoms with van der Waals surface area (Å²) in [6.45, 7) is 0.215. The summed E-state index contributed by atoms with van der Waals surface area (Å²) >= 11 is 12.6. The van der Waals surface area contributed by atoms with Gasteiger partial charge in [0.15, 0.2) is 0 Å². The van der Waals surface area contributed by atoms with Crippen molar-refractivity contribution in [3.63, 3.8) is 0 Å². The van der Waals surface area contributed by atoms with Gasteiger partial charge in [-0.05, 0) is 58.8 Å². The van der Waals surface area contributed by atoms with Gasteiger partial charge in [0.2, 0.25) is 0 Å². The van der Waals surface area contributed by atoms with Crippen LogP contribution in [0.2, 0.25) is 10.0 Å². The van der Waals surface area contributed by atoms with E-state index in [0.717, 1.165) is 16.3 Å². The number of hydrogen-bond acceptors (Lipinski definition) is 3. The van der Waals surface area contributed by atoms with E-state index in [1.165, 1.54) is 36.4 Å². The Morgan fingerprint density at radius 3 is 2.53 bits per heavy atom. The lowest BCUT2D eigenvalue weighted by atomic mass is 10.1. The Hall–Kier alpha value is -3.85. The maximum absolute atomic E-state index is 13.1. The molecule has 4 nitrogen and oxygen atoms in total. The summed E-state index contributed by atoms with van der Waals surface area (Å²) < 4.78 is 19.2. The van der Waals surface area contributed by atoms with Crippen molar-refractivity contribution < 1.29 is 13.9 Å². The standard InChI is InChI=1S/C27H17Cl2FN2O2/c28-21-13-19(12-20(15-31)27(33)32-23-10-8-22(30)9-11-23)26(25(29)14-21)34-16-18-6-3-5-17-4-1-2-7-24(17)18/h1-14H,16H2,(H,32,33)/b20-12+. The number of ether oxygens (including phenoxy) is 1. The number of hydrogen-bond donors (Lipinski definition) is 1. The third-order valence-electron chi connectivity index (χ3n) is 5.06. The second-order valence-electron chi connectivity index (χ2n) is 7.36. The average Bonchev–Trinajstić information content (AvgIpc) is 2.83. The van der Waals surface area contributed by atoms with E-state index < -0.39 is 11.7 Å². The van der Waals surface area contributed by atoms with Crippen LogP contribution in [0.15, 0.2) is 84.4 Å². The van der Waals surface area contributed by atoms with Crippen LogP contribution in [0.25, 0.3) is 16.8 Å². The van der Waals surface area contributed by atoms with Gasteiger partial charge in [0.1, 0.15) is 29.8 Å². The van der Waals surface area contributed by atoms with E-state index in [0.29, 0.717) is 22.0 Å². The van der Waals surface area contributed by atoms with Gasteiger partial charge in [-0.2, -0.15) is 5.26 Å². The van der Waals surface area contributed by atoms with Gasteiger partial charge in [-0.3, -0.25) is 4.79 Å². The molecule has 0 saturated heterocycles. The van der Waals surface area contributed by atoms with Crippen molar-refractivity contribution in [2.45, 2.75) is 6.61 Å². The first-order valence-electron chi connectivity index (χ1n) is 10.2. The summed E-state index contributed by atoms with van der Waals surface area (Å²) in [7, 11) is 0. The molecule has 0 atom stereocenters. The van der Waals surface area contributed by atoms with E-state index in [4.69, 9.17) is 27.9 Å². The van der Waals surface area contributed by atoms with Gasteiger partial charge in [0.25, 0.3) is 5.91 Å². The van der Waals surface area contributed by atoms with E-state index in [1.54, 1.807) is 6.07 Å². The van der Waals surface area contributed by atoms with Crippen molar-refractivity contribution in [1.82, 2.24) is 0 Å². The Balaban J connectivity index is 1.63. The molecule has 0 bridgehead atoms. The van der Waals surface area contributed by atoms with Crippen LogP contribution in [0, 0.1) is 17.1 Å². The fraction of sp³-hybridized carbons (Fsp3) is 0.0370. The summed E-state index contributed by atoms with van der Waals surface area (Å²) in [5.41, 5.74) is 1.49. The molecule has 4 aromatic carbocycles. The lowest BCUT2D eigenvalue weighted by Gasteiger charge is -2.14. The first kappa shape index (κ1) is 23.3. The van der Waals surface area contributed by atoms with E-state index in [-0.39, 0.29) is 17.2 Å². The number of nitrogens with zero attached hydrogens (tertiary/aromatic N) is 1. The van der Waals surface area contributed by atoms with Crippen molar-refractivity contribution in [3.8, 4) is 11.8 Å². The van der Waals surface area contributed by atoms with E-state index in [9.17, 15) is 14.4 Å². The molecule has 0 spiro atoms. The average molecular weight is 491 g/mol. The Morgan fingerprint density at radius 1 is 1.03 bits per heavy atom. The number of anilines is 1. The van der Waals surface area contributed by atoms with Gasteiger partial charge in [-0.25, -0.2) is 4.39 Å². The minimum absolute atomic E-state index is 0.197. The highest BCUT2D eigenvalue weighted by Gasteiger charge is 2.15. The Labute approximate surface area is 205 Å². The highest BCUT2D eigenvalue weighted by atomic mass is 35.5. The van der Waals surface area contributed by atoms with E-state index in [1.807, 2.05) is 48.5 Å². The molecule has 0 fully saturated rings. The zero-order valence-electron chi connectivity index (χ0n) is 17.7. The largest absolute Gasteiger partial charge is 0.487 e. The number of benzene rings is 4. The summed E-state index contributed by atoms with van der Waals surface area (Å²) in [5.74, 6) is -0.804. The number of carbonyl (C=O) groups excluding carboxylic acids is 1. The van der Waals surface area contributed by atoms with E-state index >= 15 is 0 Å². The predicted molar refractivity (Wildman–Crippen MR) is 133 cm³/mol. The van der Waals surface area contributed by atoms with Crippen LogP contribution in [0.4, 0.5) is 10.1 Å². The van der Waals surface area contributed by atoms with Gasteiger partial charge in [0.05, 0.1) is 5.02 Å². The third-order valence-corrected chi connectivity index (χ3v) is 5.56. The molecule has 0 saturated carbocycles. The normalized spacial score (nSPS) is 11.2. The topological polar surface area (TPSA) is 62.1 Å². The van der Waals surface area contributed by atoms with Gasteiger partial charge >= 0.3 is 0 Å². The fourth-order valence-corrected chi connectivity index (χ4v) is 4.01. The van der Waals surface area contributed by atoms with Crippen LogP contribution in [-0.2, 0) is 11.4 Å². The Morgan fingerprint density at radius 2 is 1.76 bits per heavy atom. The number of nitriles is 1. The predicted octanol–water partition coefficient (Wildman–Crippen LogP) is 7.41. The Bertz CT molecular complexity index is 1440. The quantitative estimate of drug-likeness (QED) is 0.226. The lowest BCUT2D eigenvalue weighted by Crippen LogP contribution is -2.13. The lowest BCUT2D eigenvalue weighted by molar-refractivity contribution is -0.112. The van der Waals surface area contributed by atoms with Gasteiger partial charge in [-0.15, -0.1) is 0 Å².